The van der Waals surface area contributed by atoms with Crippen LogP contribution in [-0.4, -0.2) is 24.6 Å². The van der Waals surface area contributed by atoms with E-state index in [0.29, 0.717) is 19.4 Å². The molecule has 4 nitrogen and oxygen atoms in total. The summed E-state index contributed by atoms with van der Waals surface area (Å²) in [5.41, 5.74) is 0. The van der Waals surface area contributed by atoms with Gasteiger partial charge in [-0.25, -0.2) is 0 Å². The Morgan fingerprint density at radius 3 is 1.41 bits per heavy atom. The molecule has 1 atom stereocenters. The molecule has 202 valence electrons. The van der Waals surface area contributed by atoms with E-state index < -0.39 is 0 Å². The molecule has 0 heterocycles. The van der Waals surface area contributed by atoms with Crippen LogP contribution < -0.4 is 0 Å². The van der Waals surface area contributed by atoms with Gasteiger partial charge in [-0.05, 0) is 32.6 Å². The number of carbonyl (C=O) groups excluding carboxylic acids is 2. The fourth-order valence-corrected chi connectivity index (χ4v) is 4.37. The number of hydrogen-bond donors (Lipinski definition) is 0. The van der Waals surface area contributed by atoms with Crippen LogP contribution in [0.25, 0.3) is 0 Å². The molecule has 0 saturated heterocycles. The fraction of sp³-hybridized carbons (Fsp3) is 0.933. The lowest BCUT2D eigenvalue weighted by Gasteiger charge is -2.11. The molecule has 0 N–H and O–H groups in total. The van der Waals surface area contributed by atoms with Crippen LogP contribution in [0.1, 0.15) is 168 Å². The van der Waals surface area contributed by atoms with Crippen LogP contribution in [-0.2, 0) is 19.1 Å². The smallest absolute Gasteiger partial charge is 0.306 e. The van der Waals surface area contributed by atoms with E-state index in [-0.39, 0.29) is 18.0 Å². The molecular weight excluding hydrogens is 424 g/mol. The minimum absolute atomic E-state index is 0.0111. The van der Waals surface area contributed by atoms with Crippen molar-refractivity contribution in [2.75, 3.05) is 6.61 Å². The summed E-state index contributed by atoms with van der Waals surface area (Å²) in [4.78, 5) is 23.5. The van der Waals surface area contributed by atoms with Crippen LogP contribution in [0.3, 0.4) is 0 Å². The molecule has 0 bridgehead atoms. The van der Waals surface area contributed by atoms with Gasteiger partial charge in [0.25, 0.3) is 0 Å². The van der Waals surface area contributed by atoms with Crippen LogP contribution in [0.4, 0.5) is 0 Å². The Balaban J connectivity index is 3.26. The third-order valence-electron chi connectivity index (χ3n) is 6.55. The Hall–Kier alpha value is -1.06. The maximum Gasteiger partial charge on any atom is 0.306 e. The van der Waals surface area contributed by atoms with Crippen molar-refractivity contribution >= 4 is 11.9 Å². The molecule has 0 amide bonds. The minimum atomic E-state index is -0.118. The zero-order valence-corrected chi connectivity index (χ0v) is 23.2. The molecule has 0 radical (unpaired) electrons. The van der Waals surface area contributed by atoms with E-state index in [0.717, 1.165) is 44.9 Å². The Morgan fingerprint density at radius 1 is 0.529 bits per heavy atom. The number of carbonyl (C=O) groups is 2. The topological polar surface area (TPSA) is 52.6 Å². The van der Waals surface area contributed by atoms with E-state index in [2.05, 4.69) is 13.8 Å². The molecule has 4 heteroatoms. The highest BCUT2D eigenvalue weighted by Crippen LogP contribution is 2.14. The molecule has 0 rings (SSSR count). The highest BCUT2D eigenvalue weighted by molar-refractivity contribution is 5.70. The molecule has 0 aliphatic carbocycles. The second-order valence-corrected chi connectivity index (χ2v) is 10.2. The first-order chi connectivity index (χ1) is 16.6. The van der Waals surface area contributed by atoms with Crippen LogP contribution in [0.5, 0.6) is 0 Å². The highest BCUT2D eigenvalue weighted by Gasteiger charge is 2.09. The number of esters is 2. The third kappa shape index (κ3) is 25.6. The lowest BCUT2D eigenvalue weighted by Crippen LogP contribution is -2.14. The summed E-state index contributed by atoms with van der Waals surface area (Å²) < 4.78 is 10.7. The van der Waals surface area contributed by atoms with Crippen molar-refractivity contribution in [1.29, 1.82) is 0 Å². The maximum atomic E-state index is 11.8. The van der Waals surface area contributed by atoms with E-state index in [1.165, 1.54) is 89.9 Å². The predicted octanol–water partition coefficient (Wildman–Crippen LogP) is 9.47. The van der Waals surface area contributed by atoms with Gasteiger partial charge in [0.2, 0.25) is 0 Å². The summed E-state index contributed by atoms with van der Waals surface area (Å²) in [5, 5.41) is 0. The minimum Gasteiger partial charge on any atom is -0.466 e. The maximum absolute atomic E-state index is 11.8. The SMILES string of the molecule is CCCCCCCCCCCCCCCCCCOC(=O)CCCCCC(=O)OC(C)CCC. The predicted molar refractivity (Wildman–Crippen MR) is 144 cm³/mol. The average Bonchev–Trinajstić information content (AvgIpc) is 2.81. The second kappa shape index (κ2) is 26.5. The van der Waals surface area contributed by atoms with Crippen LogP contribution in [0.15, 0.2) is 0 Å². The molecule has 34 heavy (non-hydrogen) atoms. The van der Waals surface area contributed by atoms with Gasteiger partial charge in [-0.3, -0.25) is 9.59 Å². The van der Waals surface area contributed by atoms with Crippen LogP contribution in [0.2, 0.25) is 0 Å². The summed E-state index contributed by atoms with van der Waals surface area (Å²) in [6, 6.07) is 0. The molecule has 0 aromatic rings. The average molecular weight is 483 g/mol. The molecule has 0 fully saturated rings. The Bertz CT molecular complexity index is 449. The Kier molecular flexibility index (Phi) is 25.7. The van der Waals surface area contributed by atoms with Crippen molar-refractivity contribution < 1.29 is 19.1 Å². The lowest BCUT2D eigenvalue weighted by molar-refractivity contribution is -0.148. The lowest BCUT2D eigenvalue weighted by atomic mass is 10.0. The molecule has 0 aromatic heterocycles. The van der Waals surface area contributed by atoms with Crippen molar-refractivity contribution in [2.45, 2.75) is 175 Å². The normalized spacial score (nSPS) is 12.0. The van der Waals surface area contributed by atoms with Gasteiger partial charge in [-0.15, -0.1) is 0 Å². The highest BCUT2D eigenvalue weighted by atomic mass is 16.5. The largest absolute Gasteiger partial charge is 0.466 e. The Morgan fingerprint density at radius 2 is 0.941 bits per heavy atom. The van der Waals surface area contributed by atoms with Gasteiger partial charge in [0.05, 0.1) is 12.7 Å². The number of hydrogen-bond acceptors (Lipinski definition) is 4. The first-order valence-electron chi connectivity index (χ1n) is 14.9. The van der Waals surface area contributed by atoms with Crippen molar-refractivity contribution in [1.82, 2.24) is 0 Å². The van der Waals surface area contributed by atoms with E-state index in [4.69, 9.17) is 9.47 Å². The van der Waals surface area contributed by atoms with Crippen LogP contribution in [0, 0.1) is 0 Å². The summed E-state index contributed by atoms with van der Waals surface area (Å²) in [6.07, 6.45) is 26.9. The molecule has 0 saturated carbocycles. The zero-order valence-electron chi connectivity index (χ0n) is 23.2. The van der Waals surface area contributed by atoms with Crippen molar-refractivity contribution in [2.24, 2.45) is 0 Å². The van der Waals surface area contributed by atoms with Gasteiger partial charge in [0, 0.05) is 12.8 Å². The van der Waals surface area contributed by atoms with E-state index in [1.807, 2.05) is 6.92 Å². The van der Waals surface area contributed by atoms with Gasteiger partial charge in [0.1, 0.15) is 0 Å². The van der Waals surface area contributed by atoms with Crippen molar-refractivity contribution in [3.63, 3.8) is 0 Å². The van der Waals surface area contributed by atoms with Gasteiger partial charge in [0.15, 0.2) is 0 Å². The number of rotatable bonds is 26. The zero-order chi connectivity index (χ0) is 25.1. The molecule has 1 unspecified atom stereocenters. The first-order valence-corrected chi connectivity index (χ1v) is 14.9. The monoisotopic (exact) mass is 482 g/mol. The molecule has 0 aliphatic rings. The third-order valence-corrected chi connectivity index (χ3v) is 6.55. The Labute approximate surface area is 212 Å². The first kappa shape index (κ1) is 32.9. The van der Waals surface area contributed by atoms with Gasteiger partial charge in [-0.1, -0.05) is 123 Å². The van der Waals surface area contributed by atoms with Gasteiger partial charge >= 0.3 is 11.9 Å². The summed E-state index contributed by atoms with van der Waals surface area (Å²) in [7, 11) is 0. The van der Waals surface area contributed by atoms with E-state index in [9.17, 15) is 9.59 Å². The summed E-state index contributed by atoms with van der Waals surface area (Å²) in [6.45, 7) is 6.86. The quantitative estimate of drug-likeness (QED) is 0.0909. The molecular formula is C30H58O4. The van der Waals surface area contributed by atoms with E-state index in [1.54, 1.807) is 0 Å². The molecule has 0 spiro atoms. The molecule has 0 aliphatic heterocycles. The standard InChI is InChI=1S/C30H58O4/c1-4-6-7-8-9-10-11-12-13-14-15-16-17-18-19-23-27-33-29(31)25-21-20-22-26-30(32)34-28(3)24-5-2/h28H,4-27H2,1-3H3. The van der Waals surface area contributed by atoms with Gasteiger partial charge in [-0.2, -0.15) is 0 Å². The number of unbranched alkanes of at least 4 members (excludes halogenated alkanes) is 17. The van der Waals surface area contributed by atoms with E-state index >= 15 is 0 Å². The van der Waals surface area contributed by atoms with Crippen molar-refractivity contribution in [3.8, 4) is 0 Å². The summed E-state index contributed by atoms with van der Waals surface area (Å²) in [5.74, 6) is -0.216. The van der Waals surface area contributed by atoms with Crippen molar-refractivity contribution in [3.05, 3.63) is 0 Å². The second-order valence-electron chi connectivity index (χ2n) is 10.2. The molecule has 0 aromatic carbocycles. The summed E-state index contributed by atoms with van der Waals surface area (Å²) >= 11 is 0. The fourth-order valence-electron chi connectivity index (χ4n) is 4.37. The number of ether oxygens (including phenoxy) is 2. The van der Waals surface area contributed by atoms with Crippen LogP contribution >= 0.6 is 0 Å². The van der Waals surface area contributed by atoms with Gasteiger partial charge < -0.3 is 9.47 Å².